The number of hydrogen-bond acceptors (Lipinski definition) is 4. The highest BCUT2D eigenvalue weighted by atomic mass is 31.2. The zero-order chi connectivity index (χ0) is 34.2. The summed E-state index contributed by atoms with van der Waals surface area (Å²) in [5.41, 5.74) is 0. The van der Waals surface area contributed by atoms with Gasteiger partial charge in [0.25, 0.3) is 0 Å². The van der Waals surface area contributed by atoms with E-state index in [-0.39, 0.29) is 0 Å². The smallest absolute Gasteiger partial charge is 0.109 e. The van der Waals surface area contributed by atoms with Gasteiger partial charge < -0.3 is 19.8 Å². The summed E-state index contributed by atoms with van der Waals surface area (Å²) < 4.78 is 0. The Morgan fingerprint density at radius 3 is 0.625 bits per heavy atom. The van der Waals surface area contributed by atoms with Crippen LogP contribution < -0.4 is 42.0 Å². The molecule has 0 fully saturated rings. The zero-order valence-corrected chi connectivity index (χ0v) is 29.1. The standard InChI is InChI=1S/2C19H18P.C4H6O4/c2*1-20(17-11-5-2-6-12-17,18-13-7-3-8-14-18)19-15-9-4-10-16-19;5-3(6)1-2-4(7)8/h2*2-16H,1H3;1-2H2,(H,5,6)(H,7,8)/q2*+1;/p-2. The number of carboxylic acids is 2. The molecule has 0 aliphatic carbocycles. The molecular weight excluding hydrogens is 630 g/mol. The minimum Gasteiger partial charge on any atom is -0.550 e. The van der Waals surface area contributed by atoms with Crippen LogP contribution in [0.5, 0.6) is 0 Å². The van der Waals surface area contributed by atoms with Crippen LogP contribution in [0.1, 0.15) is 12.8 Å². The molecule has 6 aromatic carbocycles. The maximum Gasteiger partial charge on any atom is 0.109 e. The average Bonchev–Trinajstić information content (AvgIpc) is 3.16. The fourth-order valence-electron chi connectivity index (χ4n) is 5.46. The van der Waals surface area contributed by atoms with E-state index in [2.05, 4.69) is 195 Å². The number of aliphatic carboxylic acids is 2. The maximum absolute atomic E-state index is 9.50. The second-order valence-electron chi connectivity index (χ2n) is 11.3. The van der Waals surface area contributed by atoms with E-state index >= 15 is 0 Å². The van der Waals surface area contributed by atoms with Crippen molar-refractivity contribution in [1.29, 1.82) is 0 Å². The molecule has 0 saturated carbocycles. The molecule has 6 rings (SSSR count). The molecule has 0 amide bonds. The first-order chi connectivity index (χ1) is 23.3. The monoisotopic (exact) mass is 670 g/mol. The van der Waals surface area contributed by atoms with Gasteiger partial charge in [0.05, 0.1) is 13.3 Å². The van der Waals surface area contributed by atoms with Crippen LogP contribution in [0.25, 0.3) is 0 Å². The normalized spacial score (nSPS) is 10.8. The summed E-state index contributed by atoms with van der Waals surface area (Å²) in [6, 6.07) is 65.3. The van der Waals surface area contributed by atoms with E-state index in [0.717, 1.165) is 0 Å². The zero-order valence-electron chi connectivity index (χ0n) is 27.3. The van der Waals surface area contributed by atoms with E-state index in [1.165, 1.54) is 31.8 Å². The van der Waals surface area contributed by atoms with E-state index in [9.17, 15) is 19.8 Å². The molecule has 0 spiro atoms. The van der Waals surface area contributed by atoms with Crippen molar-refractivity contribution in [2.24, 2.45) is 0 Å². The van der Waals surface area contributed by atoms with Gasteiger partial charge >= 0.3 is 0 Å². The van der Waals surface area contributed by atoms with Crippen LogP contribution in [0.3, 0.4) is 0 Å². The summed E-state index contributed by atoms with van der Waals surface area (Å²) in [5, 5.41) is 27.6. The highest BCUT2D eigenvalue weighted by Crippen LogP contribution is 2.52. The van der Waals surface area contributed by atoms with Crippen LogP contribution in [-0.2, 0) is 9.59 Å². The molecule has 6 heteroatoms. The van der Waals surface area contributed by atoms with Crippen molar-refractivity contribution < 1.29 is 19.8 Å². The Morgan fingerprint density at radius 1 is 0.354 bits per heavy atom. The van der Waals surface area contributed by atoms with Gasteiger partial charge in [-0.15, -0.1) is 0 Å². The molecule has 242 valence electrons. The molecule has 48 heavy (non-hydrogen) atoms. The number of rotatable bonds is 9. The van der Waals surface area contributed by atoms with Crippen molar-refractivity contribution in [2.75, 3.05) is 13.3 Å². The van der Waals surface area contributed by atoms with Gasteiger partial charge in [0.2, 0.25) is 0 Å². The summed E-state index contributed by atoms with van der Waals surface area (Å²) in [5.74, 6) is -2.73. The van der Waals surface area contributed by atoms with Crippen LogP contribution >= 0.6 is 14.5 Å². The van der Waals surface area contributed by atoms with Gasteiger partial charge in [0.15, 0.2) is 0 Å². The van der Waals surface area contributed by atoms with E-state index in [4.69, 9.17) is 0 Å². The lowest BCUT2D eigenvalue weighted by molar-refractivity contribution is -0.315. The third-order valence-corrected chi connectivity index (χ3v) is 16.2. The van der Waals surface area contributed by atoms with Crippen LogP contribution in [-0.4, -0.2) is 25.3 Å². The average molecular weight is 671 g/mol. The predicted molar refractivity (Wildman–Crippen MR) is 201 cm³/mol. The van der Waals surface area contributed by atoms with Gasteiger partial charge in [-0.1, -0.05) is 109 Å². The fraction of sp³-hybridized carbons (Fsp3) is 0.0952. The van der Waals surface area contributed by atoms with Crippen molar-refractivity contribution in [1.82, 2.24) is 0 Å². The summed E-state index contributed by atoms with van der Waals surface area (Å²) in [6.07, 6.45) is -0.940. The topological polar surface area (TPSA) is 80.3 Å². The van der Waals surface area contributed by atoms with Gasteiger partial charge in [-0.3, -0.25) is 0 Å². The van der Waals surface area contributed by atoms with Crippen molar-refractivity contribution in [3.63, 3.8) is 0 Å². The maximum atomic E-state index is 9.50. The third kappa shape index (κ3) is 9.35. The lowest BCUT2D eigenvalue weighted by atomic mass is 10.3. The van der Waals surface area contributed by atoms with Crippen LogP contribution in [0.4, 0.5) is 0 Å². The molecule has 4 nitrogen and oxygen atoms in total. The van der Waals surface area contributed by atoms with Crippen LogP contribution in [0, 0.1) is 0 Å². The Bertz CT molecular complexity index is 1490. The Hall–Kier alpha value is -4.88. The Morgan fingerprint density at radius 2 is 0.500 bits per heavy atom. The molecule has 0 radical (unpaired) electrons. The third-order valence-electron chi connectivity index (χ3n) is 8.17. The Labute approximate surface area is 285 Å². The number of carbonyl (C=O) groups is 2. The lowest BCUT2D eigenvalue weighted by Crippen LogP contribution is -2.30. The van der Waals surface area contributed by atoms with Gasteiger partial charge in [-0.2, -0.15) is 0 Å². The van der Waals surface area contributed by atoms with Crippen molar-refractivity contribution in [3.8, 4) is 0 Å². The summed E-state index contributed by atoms with van der Waals surface area (Å²) in [4.78, 5) is 19.0. The first-order valence-electron chi connectivity index (χ1n) is 15.7. The second-order valence-corrected chi connectivity index (χ2v) is 18.4. The molecule has 0 unspecified atom stereocenters. The quantitative estimate of drug-likeness (QED) is 0.213. The molecule has 0 atom stereocenters. The number of hydrogen-bond donors (Lipinski definition) is 0. The van der Waals surface area contributed by atoms with Gasteiger partial charge in [-0.25, -0.2) is 0 Å². The summed E-state index contributed by atoms with van der Waals surface area (Å²) in [7, 11) is -3.05. The summed E-state index contributed by atoms with van der Waals surface area (Å²) in [6.45, 7) is 4.82. The van der Waals surface area contributed by atoms with Crippen molar-refractivity contribution in [3.05, 3.63) is 182 Å². The van der Waals surface area contributed by atoms with Crippen LogP contribution in [0.15, 0.2) is 182 Å². The van der Waals surface area contributed by atoms with E-state index in [1.54, 1.807) is 0 Å². The van der Waals surface area contributed by atoms with Gasteiger partial charge in [0, 0.05) is 11.9 Å². The molecule has 0 aliphatic heterocycles. The molecule has 0 saturated heterocycles. The van der Waals surface area contributed by atoms with Gasteiger partial charge in [0.1, 0.15) is 46.4 Å². The van der Waals surface area contributed by atoms with Crippen molar-refractivity contribution in [2.45, 2.75) is 12.8 Å². The first-order valence-corrected chi connectivity index (χ1v) is 20.2. The minimum atomic E-state index is -1.53. The number of carbonyl (C=O) groups excluding carboxylic acids is 2. The molecule has 0 N–H and O–H groups in total. The highest BCUT2D eigenvalue weighted by Gasteiger charge is 2.40. The molecule has 0 aromatic heterocycles. The van der Waals surface area contributed by atoms with E-state index in [0.29, 0.717) is 0 Å². The Balaban J connectivity index is 0.000000178. The minimum absolute atomic E-state index is 0.470. The Kier molecular flexibility index (Phi) is 13.4. The van der Waals surface area contributed by atoms with Crippen LogP contribution in [0.2, 0.25) is 0 Å². The first kappa shape index (κ1) is 36.0. The lowest BCUT2D eigenvalue weighted by Gasteiger charge is -2.22. The number of carboxylic acid groups (broad SMARTS) is 2. The largest absolute Gasteiger partial charge is 0.550 e. The highest BCUT2D eigenvalue weighted by molar-refractivity contribution is 7.95. The number of benzene rings is 6. The molecule has 0 bridgehead atoms. The molecule has 0 heterocycles. The van der Waals surface area contributed by atoms with E-state index in [1.807, 2.05) is 0 Å². The SMILES string of the molecule is C[P+](c1ccccc1)(c1ccccc1)c1ccccc1.C[P+](c1ccccc1)(c1ccccc1)c1ccccc1.O=C([O-])CCC(=O)[O-]. The summed E-state index contributed by atoms with van der Waals surface area (Å²) >= 11 is 0. The fourth-order valence-corrected chi connectivity index (χ4v) is 11.9. The van der Waals surface area contributed by atoms with Crippen molar-refractivity contribution >= 4 is 58.3 Å². The molecular formula is C42H40O4P2. The molecule has 6 aromatic rings. The van der Waals surface area contributed by atoms with Gasteiger partial charge in [-0.05, 0) is 85.6 Å². The molecule has 0 aliphatic rings. The predicted octanol–water partition coefficient (Wildman–Crippen LogP) is 4.49. The second kappa shape index (κ2) is 17.9. The van der Waals surface area contributed by atoms with E-state index < -0.39 is 39.3 Å².